The Bertz CT molecular complexity index is 958. The first kappa shape index (κ1) is 15.9. The van der Waals surface area contributed by atoms with Crippen molar-refractivity contribution in [3.63, 3.8) is 0 Å². The van der Waals surface area contributed by atoms with Crippen molar-refractivity contribution in [2.75, 3.05) is 11.4 Å². The molecule has 25 heavy (non-hydrogen) atoms. The molecule has 130 valence electrons. The summed E-state index contributed by atoms with van der Waals surface area (Å²) in [7, 11) is -3.58. The van der Waals surface area contributed by atoms with Gasteiger partial charge in [-0.15, -0.1) is 0 Å². The summed E-state index contributed by atoms with van der Waals surface area (Å²) in [6.45, 7) is 0.820. The summed E-state index contributed by atoms with van der Waals surface area (Å²) < 4.78 is 33.4. The van der Waals surface area contributed by atoms with E-state index in [4.69, 9.17) is 10.5 Å². The highest BCUT2D eigenvalue weighted by molar-refractivity contribution is 7.89. The minimum atomic E-state index is -3.58. The fourth-order valence-corrected chi connectivity index (χ4v) is 4.74. The fourth-order valence-electron chi connectivity index (χ4n) is 3.28. The Morgan fingerprint density at radius 3 is 2.80 bits per heavy atom. The highest BCUT2D eigenvalue weighted by Crippen LogP contribution is 2.38. The third-order valence-electron chi connectivity index (χ3n) is 4.43. The third-order valence-corrected chi connectivity index (χ3v) is 5.92. The molecule has 0 bridgehead atoms. The van der Waals surface area contributed by atoms with Crippen LogP contribution in [0.4, 0.5) is 5.69 Å². The van der Waals surface area contributed by atoms with E-state index in [1.165, 1.54) is 12.1 Å². The van der Waals surface area contributed by atoms with Gasteiger partial charge in [0.2, 0.25) is 15.9 Å². The molecule has 0 saturated carbocycles. The molecule has 2 aliphatic heterocycles. The van der Waals surface area contributed by atoms with Crippen LogP contribution >= 0.6 is 0 Å². The van der Waals surface area contributed by atoms with Crippen LogP contribution in [0.15, 0.2) is 47.4 Å². The number of amides is 1. The number of rotatable bonds is 3. The molecule has 1 atom stereocenters. The first-order valence-corrected chi connectivity index (χ1v) is 9.43. The number of anilines is 1. The second-order valence-electron chi connectivity index (χ2n) is 6.10. The van der Waals surface area contributed by atoms with Crippen LogP contribution in [0, 0.1) is 0 Å². The van der Waals surface area contributed by atoms with Gasteiger partial charge in [-0.2, -0.15) is 4.72 Å². The molecule has 1 amide bonds. The molecule has 4 rings (SSSR count). The molecule has 2 aliphatic rings. The maximum Gasteiger partial charge on any atom is 0.248 e. The average Bonchev–Trinajstić information content (AvgIpc) is 3.02. The summed E-state index contributed by atoms with van der Waals surface area (Å²) >= 11 is 0. The van der Waals surface area contributed by atoms with E-state index in [0.29, 0.717) is 22.7 Å². The van der Waals surface area contributed by atoms with Gasteiger partial charge in [-0.1, -0.05) is 6.07 Å². The van der Waals surface area contributed by atoms with E-state index < -0.39 is 15.9 Å². The number of benzene rings is 2. The van der Waals surface area contributed by atoms with Crippen molar-refractivity contribution in [3.8, 4) is 11.5 Å². The summed E-state index contributed by atoms with van der Waals surface area (Å²) in [6, 6.07) is 11.4. The molecule has 3 N–H and O–H groups in total. The number of nitrogens with zero attached hydrogens (tertiary/aromatic N) is 1. The zero-order valence-corrected chi connectivity index (χ0v) is 14.1. The number of ether oxygens (including phenoxy) is 1. The maximum absolute atomic E-state index is 12.5. The largest absolute Gasteiger partial charge is 0.457 e. The zero-order chi connectivity index (χ0) is 17.6. The van der Waals surface area contributed by atoms with Gasteiger partial charge in [0, 0.05) is 18.2 Å². The van der Waals surface area contributed by atoms with Crippen molar-refractivity contribution in [2.45, 2.75) is 23.9 Å². The first-order valence-electron chi connectivity index (χ1n) is 7.95. The molecule has 1 fully saturated rings. The Kier molecular flexibility index (Phi) is 3.66. The van der Waals surface area contributed by atoms with E-state index in [0.717, 1.165) is 19.4 Å². The van der Waals surface area contributed by atoms with Crippen LogP contribution in [0.5, 0.6) is 11.5 Å². The lowest BCUT2D eigenvalue weighted by Crippen LogP contribution is -2.48. The number of primary amides is 1. The van der Waals surface area contributed by atoms with E-state index in [1.807, 2.05) is 0 Å². The van der Waals surface area contributed by atoms with Gasteiger partial charge in [-0.25, -0.2) is 8.42 Å². The Morgan fingerprint density at radius 1 is 1.20 bits per heavy atom. The molecule has 0 spiro atoms. The first-order chi connectivity index (χ1) is 11.9. The molecule has 1 unspecified atom stereocenters. The molecular weight excluding hydrogens is 342 g/mol. The van der Waals surface area contributed by atoms with E-state index in [2.05, 4.69) is 9.62 Å². The lowest BCUT2D eigenvalue weighted by atomic mass is 10.2. The standard InChI is InChI=1S/C17H17N3O4S/c18-17(21)11-3-1-4-12(9-11)24-13-6-7-14-15(10-13)25(22,23)19-16-5-2-8-20(14)16/h1,3-4,6-7,9-10,16,19H,2,5,8H2,(H2,18,21). The molecule has 2 heterocycles. The van der Waals surface area contributed by atoms with Crippen LogP contribution in [-0.2, 0) is 10.0 Å². The summed E-state index contributed by atoms with van der Waals surface area (Å²) in [5, 5.41) is 0. The Morgan fingerprint density at radius 2 is 2.00 bits per heavy atom. The van der Waals surface area contributed by atoms with Crippen molar-refractivity contribution in [3.05, 3.63) is 48.0 Å². The van der Waals surface area contributed by atoms with Gasteiger partial charge in [0.25, 0.3) is 0 Å². The number of nitrogens with one attached hydrogen (secondary N) is 1. The van der Waals surface area contributed by atoms with Gasteiger partial charge in [0.15, 0.2) is 0 Å². The predicted molar refractivity (Wildman–Crippen MR) is 92.2 cm³/mol. The van der Waals surface area contributed by atoms with Gasteiger partial charge in [-0.05, 0) is 43.2 Å². The quantitative estimate of drug-likeness (QED) is 0.870. The topological polar surface area (TPSA) is 102 Å². The lowest BCUT2D eigenvalue weighted by molar-refractivity contribution is 0.1000. The number of fused-ring (bicyclic) bond motifs is 3. The van der Waals surface area contributed by atoms with E-state index in [1.54, 1.807) is 30.3 Å². The number of hydrogen-bond donors (Lipinski definition) is 2. The predicted octanol–water partition coefficient (Wildman–Crippen LogP) is 1.80. The number of carbonyl (C=O) groups is 1. The Hall–Kier alpha value is -2.58. The lowest BCUT2D eigenvalue weighted by Gasteiger charge is -2.33. The van der Waals surface area contributed by atoms with Gasteiger partial charge in [0.05, 0.1) is 11.9 Å². The molecule has 2 aromatic rings. The zero-order valence-electron chi connectivity index (χ0n) is 13.3. The van der Waals surface area contributed by atoms with Crippen LogP contribution < -0.4 is 20.1 Å². The average molecular weight is 359 g/mol. The number of nitrogens with two attached hydrogens (primary N) is 1. The van der Waals surface area contributed by atoms with Crippen molar-refractivity contribution in [1.82, 2.24) is 4.72 Å². The maximum atomic E-state index is 12.5. The van der Waals surface area contributed by atoms with E-state index in [-0.39, 0.29) is 11.1 Å². The SMILES string of the molecule is NC(=O)c1cccc(Oc2ccc3c(c2)S(=O)(=O)NC2CCCN32)c1. The van der Waals surface area contributed by atoms with Crippen molar-refractivity contribution in [1.29, 1.82) is 0 Å². The summed E-state index contributed by atoms with van der Waals surface area (Å²) in [6.07, 6.45) is 1.58. The molecule has 0 aliphatic carbocycles. The van der Waals surface area contributed by atoms with Crippen LogP contribution in [0.1, 0.15) is 23.2 Å². The van der Waals surface area contributed by atoms with Crippen LogP contribution in [0.3, 0.4) is 0 Å². The highest BCUT2D eigenvalue weighted by Gasteiger charge is 2.37. The fraction of sp³-hybridized carbons (Fsp3) is 0.235. The van der Waals surface area contributed by atoms with E-state index in [9.17, 15) is 13.2 Å². The molecule has 0 aromatic heterocycles. The molecule has 1 saturated heterocycles. The molecule has 8 heteroatoms. The number of hydrogen-bond acceptors (Lipinski definition) is 5. The molecule has 2 aromatic carbocycles. The van der Waals surface area contributed by atoms with Crippen LogP contribution in [-0.4, -0.2) is 27.0 Å². The second-order valence-corrected chi connectivity index (χ2v) is 7.78. The minimum Gasteiger partial charge on any atom is -0.457 e. The van der Waals surface area contributed by atoms with Gasteiger partial charge < -0.3 is 15.4 Å². The molecule has 7 nitrogen and oxygen atoms in total. The van der Waals surface area contributed by atoms with Crippen molar-refractivity contribution < 1.29 is 17.9 Å². The Balaban J connectivity index is 1.70. The van der Waals surface area contributed by atoms with Gasteiger partial charge >= 0.3 is 0 Å². The number of sulfonamides is 1. The normalized spacial score (nSPS) is 20.6. The highest BCUT2D eigenvalue weighted by atomic mass is 32.2. The second kappa shape index (κ2) is 5.75. The minimum absolute atomic E-state index is 0.170. The Labute approximate surface area is 145 Å². The summed E-state index contributed by atoms with van der Waals surface area (Å²) in [5.41, 5.74) is 6.28. The van der Waals surface area contributed by atoms with Crippen LogP contribution in [0.2, 0.25) is 0 Å². The third kappa shape index (κ3) is 2.83. The van der Waals surface area contributed by atoms with Crippen molar-refractivity contribution in [2.24, 2.45) is 5.73 Å². The van der Waals surface area contributed by atoms with Crippen molar-refractivity contribution >= 4 is 21.6 Å². The van der Waals surface area contributed by atoms with E-state index >= 15 is 0 Å². The van der Waals surface area contributed by atoms with Gasteiger partial charge in [-0.3, -0.25) is 4.79 Å². The molecular formula is C17H17N3O4S. The monoisotopic (exact) mass is 359 g/mol. The van der Waals surface area contributed by atoms with Gasteiger partial charge in [0.1, 0.15) is 16.4 Å². The summed E-state index contributed by atoms with van der Waals surface area (Å²) in [4.78, 5) is 13.5. The summed E-state index contributed by atoms with van der Waals surface area (Å²) in [5.74, 6) is 0.239. The van der Waals surface area contributed by atoms with Crippen LogP contribution in [0.25, 0.3) is 0 Å². The smallest absolute Gasteiger partial charge is 0.248 e. The molecule has 0 radical (unpaired) electrons. The number of carbonyl (C=O) groups excluding carboxylic acids is 1.